The quantitative estimate of drug-likeness (QED) is 0.700. The van der Waals surface area contributed by atoms with Crippen molar-refractivity contribution in [1.82, 2.24) is 4.90 Å². The van der Waals surface area contributed by atoms with Gasteiger partial charge in [0.2, 0.25) is 5.91 Å². The summed E-state index contributed by atoms with van der Waals surface area (Å²) < 4.78 is 0. The molecule has 0 saturated carbocycles. The molecule has 0 spiro atoms. The van der Waals surface area contributed by atoms with E-state index in [1.165, 1.54) is 19.3 Å². The van der Waals surface area contributed by atoms with Crippen LogP contribution in [0.3, 0.4) is 0 Å². The van der Waals surface area contributed by atoms with E-state index < -0.39 is 0 Å². The minimum Gasteiger partial charge on any atom is -0.340 e. The van der Waals surface area contributed by atoms with E-state index in [0.717, 1.165) is 18.3 Å². The largest absolute Gasteiger partial charge is 0.340 e. The van der Waals surface area contributed by atoms with E-state index in [1.54, 1.807) is 0 Å². The number of nitrogens with zero attached hydrogens (tertiary/aromatic N) is 1. The summed E-state index contributed by atoms with van der Waals surface area (Å²) in [5, 5.41) is 1.05. The van der Waals surface area contributed by atoms with Crippen LogP contribution in [0.25, 0.3) is 0 Å². The van der Waals surface area contributed by atoms with Crippen molar-refractivity contribution in [3.63, 3.8) is 0 Å². The lowest BCUT2D eigenvalue weighted by Gasteiger charge is -2.23. The van der Waals surface area contributed by atoms with E-state index in [0.29, 0.717) is 18.4 Å². The number of hydrogen-bond acceptors (Lipinski definition) is 1. The van der Waals surface area contributed by atoms with Gasteiger partial charge in [-0.25, -0.2) is 0 Å². The number of carbonyl (C=O) groups excluding carboxylic acids is 1. The van der Waals surface area contributed by atoms with Crippen LogP contribution in [0.1, 0.15) is 39.0 Å². The van der Waals surface area contributed by atoms with Crippen LogP contribution in [0.4, 0.5) is 0 Å². The summed E-state index contributed by atoms with van der Waals surface area (Å²) in [6.45, 7) is 2.93. The zero-order valence-electron chi connectivity index (χ0n) is 8.26. The molecule has 1 unspecified atom stereocenters. The number of hydrogen-bond donors (Lipinski definition) is 0. The Morgan fingerprint density at radius 2 is 2.38 bits per heavy atom. The molecule has 1 atom stereocenters. The molecule has 3 heteroatoms. The molecule has 0 radical (unpaired) electrons. The fourth-order valence-electron chi connectivity index (χ4n) is 1.98. The lowest BCUT2D eigenvalue weighted by molar-refractivity contribution is -0.131. The van der Waals surface area contributed by atoms with Gasteiger partial charge < -0.3 is 4.90 Å². The van der Waals surface area contributed by atoms with E-state index >= 15 is 0 Å². The Morgan fingerprint density at radius 1 is 1.62 bits per heavy atom. The lowest BCUT2D eigenvalue weighted by atomic mass is 10.1. The van der Waals surface area contributed by atoms with Crippen molar-refractivity contribution in [3.8, 4) is 0 Å². The molecule has 1 aliphatic heterocycles. The van der Waals surface area contributed by atoms with Crippen LogP contribution in [-0.2, 0) is 4.79 Å². The minimum atomic E-state index is 0.331. The molecule has 0 aromatic heterocycles. The molecule has 13 heavy (non-hydrogen) atoms. The Kier molecular flexibility index (Phi) is 4.78. The SMILES string of the molecule is CCC(=O)N1CCCC1CCCBr. The second-order valence-corrected chi connectivity index (χ2v) is 4.36. The first-order chi connectivity index (χ1) is 6.29. The average molecular weight is 248 g/mol. The van der Waals surface area contributed by atoms with Crippen molar-refractivity contribution in [2.45, 2.75) is 45.1 Å². The summed E-state index contributed by atoms with van der Waals surface area (Å²) in [6, 6.07) is 0.532. The topological polar surface area (TPSA) is 20.3 Å². The standard InChI is InChI=1S/C10H18BrNO/c1-2-10(13)12-8-4-6-9(12)5-3-7-11/h9H,2-8H2,1H3. The molecule has 0 bridgehead atoms. The van der Waals surface area contributed by atoms with Crippen LogP contribution >= 0.6 is 15.9 Å². The fourth-order valence-corrected chi connectivity index (χ4v) is 2.30. The van der Waals surface area contributed by atoms with Crippen LogP contribution in [0.15, 0.2) is 0 Å². The molecular formula is C10H18BrNO. The smallest absolute Gasteiger partial charge is 0.222 e. The maximum absolute atomic E-state index is 11.5. The lowest BCUT2D eigenvalue weighted by Crippen LogP contribution is -2.34. The van der Waals surface area contributed by atoms with Crippen molar-refractivity contribution < 1.29 is 4.79 Å². The molecule has 0 aromatic rings. The van der Waals surface area contributed by atoms with E-state index in [9.17, 15) is 4.79 Å². The highest BCUT2D eigenvalue weighted by atomic mass is 79.9. The van der Waals surface area contributed by atoms with Gasteiger partial charge in [0.1, 0.15) is 0 Å². The third kappa shape index (κ3) is 2.97. The molecule has 0 aliphatic carbocycles. The normalized spacial score (nSPS) is 22.3. The highest BCUT2D eigenvalue weighted by molar-refractivity contribution is 9.09. The molecule has 1 fully saturated rings. The number of likely N-dealkylation sites (tertiary alicyclic amines) is 1. The Morgan fingerprint density at radius 3 is 3.00 bits per heavy atom. The van der Waals surface area contributed by atoms with Gasteiger partial charge in [-0.1, -0.05) is 22.9 Å². The molecule has 1 heterocycles. The minimum absolute atomic E-state index is 0.331. The molecule has 1 aliphatic rings. The highest BCUT2D eigenvalue weighted by Crippen LogP contribution is 2.22. The van der Waals surface area contributed by atoms with Gasteiger partial charge in [-0.05, 0) is 25.7 Å². The van der Waals surface area contributed by atoms with Gasteiger partial charge in [-0.2, -0.15) is 0 Å². The van der Waals surface area contributed by atoms with E-state index in [4.69, 9.17) is 0 Å². The fraction of sp³-hybridized carbons (Fsp3) is 0.900. The second kappa shape index (κ2) is 5.63. The summed E-state index contributed by atoms with van der Waals surface area (Å²) in [5.74, 6) is 0.331. The average Bonchev–Trinajstić information content (AvgIpc) is 2.61. The van der Waals surface area contributed by atoms with Crippen molar-refractivity contribution in [2.75, 3.05) is 11.9 Å². The van der Waals surface area contributed by atoms with Crippen molar-refractivity contribution in [3.05, 3.63) is 0 Å². The van der Waals surface area contributed by atoms with Crippen LogP contribution < -0.4 is 0 Å². The first-order valence-electron chi connectivity index (χ1n) is 5.15. The molecule has 0 aromatic carbocycles. The molecule has 1 rings (SSSR count). The predicted molar refractivity (Wildman–Crippen MR) is 58.1 cm³/mol. The first-order valence-corrected chi connectivity index (χ1v) is 6.27. The Bertz CT molecular complexity index is 172. The summed E-state index contributed by atoms with van der Waals surface area (Å²) >= 11 is 3.43. The van der Waals surface area contributed by atoms with Crippen molar-refractivity contribution >= 4 is 21.8 Å². The molecule has 2 nitrogen and oxygen atoms in total. The number of halogens is 1. The van der Waals surface area contributed by atoms with E-state index in [-0.39, 0.29) is 0 Å². The maximum Gasteiger partial charge on any atom is 0.222 e. The van der Waals surface area contributed by atoms with Gasteiger partial charge in [0.15, 0.2) is 0 Å². The van der Waals surface area contributed by atoms with Crippen LogP contribution in [0.5, 0.6) is 0 Å². The van der Waals surface area contributed by atoms with Crippen LogP contribution in [0.2, 0.25) is 0 Å². The predicted octanol–water partition coefficient (Wildman–Crippen LogP) is 2.56. The molecule has 0 N–H and O–H groups in total. The summed E-state index contributed by atoms with van der Waals surface area (Å²) in [4.78, 5) is 13.6. The van der Waals surface area contributed by atoms with Gasteiger partial charge >= 0.3 is 0 Å². The van der Waals surface area contributed by atoms with Crippen molar-refractivity contribution in [2.24, 2.45) is 0 Å². The van der Waals surface area contributed by atoms with E-state index in [1.807, 2.05) is 6.92 Å². The van der Waals surface area contributed by atoms with Gasteiger partial charge in [-0.15, -0.1) is 0 Å². The number of alkyl halides is 1. The molecule has 1 saturated heterocycles. The molecule has 1 amide bonds. The van der Waals surface area contributed by atoms with E-state index in [2.05, 4.69) is 20.8 Å². The third-order valence-corrected chi connectivity index (χ3v) is 3.23. The number of rotatable bonds is 4. The maximum atomic E-state index is 11.5. The third-order valence-electron chi connectivity index (χ3n) is 2.67. The van der Waals surface area contributed by atoms with Gasteiger partial charge in [-0.3, -0.25) is 4.79 Å². The zero-order chi connectivity index (χ0) is 9.68. The summed E-state index contributed by atoms with van der Waals surface area (Å²) in [5.41, 5.74) is 0. The monoisotopic (exact) mass is 247 g/mol. The Hall–Kier alpha value is -0.0500. The van der Waals surface area contributed by atoms with Crippen LogP contribution in [-0.4, -0.2) is 28.7 Å². The second-order valence-electron chi connectivity index (χ2n) is 3.57. The number of amides is 1. The highest BCUT2D eigenvalue weighted by Gasteiger charge is 2.26. The molecule has 76 valence electrons. The van der Waals surface area contributed by atoms with Crippen molar-refractivity contribution in [1.29, 1.82) is 0 Å². The Labute approximate surface area is 88.8 Å². The summed E-state index contributed by atoms with van der Waals surface area (Å²) in [7, 11) is 0. The zero-order valence-corrected chi connectivity index (χ0v) is 9.85. The Balaban J connectivity index is 2.39. The number of carbonyl (C=O) groups is 1. The first kappa shape index (κ1) is 11.0. The van der Waals surface area contributed by atoms with Gasteiger partial charge in [0.25, 0.3) is 0 Å². The molecular weight excluding hydrogens is 230 g/mol. The van der Waals surface area contributed by atoms with Gasteiger partial charge in [0, 0.05) is 24.3 Å². The summed E-state index contributed by atoms with van der Waals surface area (Å²) in [6.07, 6.45) is 5.40. The van der Waals surface area contributed by atoms with Crippen LogP contribution in [0, 0.1) is 0 Å². The van der Waals surface area contributed by atoms with Gasteiger partial charge in [0.05, 0.1) is 0 Å².